The Labute approximate surface area is 132 Å². The number of hydrogen-bond acceptors (Lipinski definition) is 4. The summed E-state index contributed by atoms with van der Waals surface area (Å²) in [5.41, 5.74) is 0.850. The highest BCUT2D eigenvalue weighted by Gasteiger charge is 2.21. The molecule has 0 saturated carbocycles. The lowest BCUT2D eigenvalue weighted by atomic mass is 9.89. The fourth-order valence-corrected chi connectivity index (χ4v) is 2.11. The molecular weight excluding hydrogens is 290 g/mol. The molecule has 5 heteroatoms. The van der Waals surface area contributed by atoms with Crippen molar-refractivity contribution in [1.29, 1.82) is 0 Å². The van der Waals surface area contributed by atoms with Gasteiger partial charge in [-0.1, -0.05) is 32.4 Å². The lowest BCUT2D eigenvalue weighted by Gasteiger charge is -2.26. The van der Waals surface area contributed by atoms with E-state index in [1.807, 2.05) is 39.8 Å². The molecular formula is C16H26ClNO3. The zero-order chi connectivity index (χ0) is 16.0. The van der Waals surface area contributed by atoms with Crippen molar-refractivity contribution in [3.63, 3.8) is 0 Å². The van der Waals surface area contributed by atoms with Crippen LogP contribution in [0.4, 0.5) is 0 Å². The van der Waals surface area contributed by atoms with Crippen molar-refractivity contribution in [2.75, 3.05) is 20.3 Å². The van der Waals surface area contributed by atoms with E-state index in [0.717, 1.165) is 5.56 Å². The zero-order valence-electron chi connectivity index (χ0n) is 13.5. The summed E-state index contributed by atoms with van der Waals surface area (Å²) in [6.07, 6.45) is -0.405. The number of benzene rings is 1. The molecule has 0 heterocycles. The minimum Gasteiger partial charge on any atom is -0.493 e. The normalized spacial score (nSPS) is 13.1. The van der Waals surface area contributed by atoms with Crippen LogP contribution in [0.2, 0.25) is 5.02 Å². The maximum atomic E-state index is 10.00. The minimum absolute atomic E-state index is 0.138. The Kier molecular flexibility index (Phi) is 6.78. The molecule has 2 N–H and O–H groups in total. The van der Waals surface area contributed by atoms with Gasteiger partial charge in [-0.2, -0.15) is 0 Å². The lowest BCUT2D eigenvalue weighted by molar-refractivity contribution is 0.0627. The van der Waals surface area contributed by atoms with Crippen molar-refractivity contribution in [2.45, 2.75) is 40.3 Å². The molecule has 1 rings (SSSR count). The van der Waals surface area contributed by atoms with Crippen LogP contribution in [0.3, 0.4) is 0 Å². The van der Waals surface area contributed by atoms with Crippen LogP contribution in [0.5, 0.6) is 11.5 Å². The summed E-state index contributed by atoms with van der Waals surface area (Å²) in [4.78, 5) is 0. The molecule has 0 spiro atoms. The summed E-state index contributed by atoms with van der Waals surface area (Å²) < 4.78 is 10.8. The van der Waals surface area contributed by atoms with E-state index >= 15 is 0 Å². The van der Waals surface area contributed by atoms with Crippen LogP contribution in [0.1, 0.15) is 33.3 Å². The Hall–Kier alpha value is -0.970. The van der Waals surface area contributed by atoms with Crippen molar-refractivity contribution in [2.24, 2.45) is 5.41 Å². The Bertz CT molecular complexity index is 458. The maximum absolute atomic E-state index is 10.00. The molecule has 0 amide bonds. The summed E-state index contributed by atoms with van der Waals surface area (Å²) in [5.74, 6) is 1.19. The third kappa shape index (κ3) is 5.38. The Morgan fingerprint density at radius 1 is 1.33 bits per heavy atom. The second kappa shape index (κ2) is 7.87. The first-order valence-corrected chi connectivity index (χ1v) is 7.55. The van der Waals surface area contributed by atoms with Gasteiger partial charge in [0.15, 0.2) is 11.5 Å². The largest absolute Gasteiger partial charge is 0.493 e. The van der Waals surface area contributed by atoms with Gasteiger partial charge in [0.2, 0.25) is 0 Å². The van der Waals surface area contributed by atoms with E-state index in [1.54, 1.807) is 7.11 Å². The summed E-state index contributed by atoms with van der Waals surface area (Å²) in [6.45, 7) is 9.60. The predicted molar refractivity (Wildman–Crippen MR) is 86.3 cm³/mol. The smallest absolute Gasteiger partial charge is 0.179 e. The topological polar surface area (TPSA) is 50.7 Å². The molecule has 0 saturated heterocycles. The highest BCUT2D eigenvalue weighted by atomic mass is 35.5. The fraction of sp³-hybridized carbons (Fsp3) is 0.625. The highest BCUT2D eigenvalue weighted by Crippen LogP contribution is 2.36. The Morgan fingerprint density at radius 3 is 2.52 bits per heavy atom. The van der Waals surface area contributed by atoms with Gasteiger partial charge in [-0.15, -0.1) is 0 Å². The van der Waals surface area contributed by atoms with E-state index in [1.165, 1.54) is 0 Å². The highest BCUT2D eigenvalue weighted by molar-refractivity contribution is 6.32. The van der Waals surface area contributed by atoms with E-state index in [4.69, 9.17) is 21.1 Å². The van der Waals surface area contributed by atoms with E-state index in [-0.39, 0.29) is 5.41 Å². The zero-order valence-corrected chi connectivity index (χ0v) is 14.3. The number of rotatable bonds is 7. The molecule has 0 aromatic heterocycles. The van der Waals surface area contributed by atoms with Crippen LogP contribution in [-0.2, 0) is 6.54 Å². The van der Waals surface area contributed by atoms with Gasteiger partial charge < -0.3 is 19.9 Å². The van der Waals surface area contributed by atoms with Gasteiger partial charge in [0.05, 0.1) is 24.8 Å². The summed E-state index contributed by atoms with van der Waals surface area (Å²) in [7, 11) is 1.59. The molecule has 21 heavy (non-hydrogen) atoms. The molecule has 120 valence electrons. The van der Waals surface area contributed by atoms with E-state index in [2.05, 4.69) is 5.32 Å². The first-order valence-electron chi connectivity index (χ1n) is 7.17. The van der Waals surface area contributed by atoms with Gasteiger partial charge in [0, 0.05) is 13.1 Å². The average molecular weight is 316 g/mol. The van der Waals surface area contributed by atoms with Crippen LogP contribution < -0.4 is 14.8 Å². The van der Waals surface area contributed by atoms with Gasteiger partial charge in [0.1, 0.15) is 0 Å². The molecule has 0 radical (unpaired) electrons. The SMILES string of the molecule is CCOc1c(Cl)cc(CNCC(O)C(C)(C)C)cc1OC. The molecule has 1 aromatic carbocycles. The van der Waals surface area contributed by atoms with Gasteiger partial charge in [-0.25, -0.2) is 0 Å². The second-order valence-corrected chi connectivity index (χ2v) is 6.46. The molecule has 0 fully saturated rings. The van der Waals surface area contributed by atoms with Crippen molar-refractivity contribution >= 4 is 11.6 Å². The number of methoxy groups -OCH3 is 1. The number of halogens is 1. The molecule has 4 nitrogen and oxygen atoms in total. The number of hydrogen-bond donors (Lipinski definition) is 2. The molecule has 0 aliphatic heterocycles. The summed E-state index contributed by atoms with van der Waals surface area (Å²) in [6, 6.07) is 3.75. The number of nitrogens with one attached hydrogen (secondary N) is 1. The first-order chi connectivity index (χ1) is 9.79. The molecule has 1 unspecified atom stereocenters. The van der Waals surface area contributed by atoms with Crippen molar-refractivity contribution in [3.8, 4) is 11.5 Å². The Morgan fingerprint density at radius 2 is 2.00 bits per heavy atom. The van der Waals surface area contributed by atoms with Gasteiger partial charge in [-0.05, 0) is 30.0 Å². The maximum Gasteiger partial charge on any atom is 0.179 e. The van der Waals surface area contributed by atoms with Crippen LogP contribution in [0, 0.1) is 5.41 Å². The van der Waals surface area contributed by atoms with Gasteiger partial charge in [0.25, 0.3) is 0 Å². The summed E-state index contributed by atoms with van der Waals surface area (Å²) in [5, 5.41) is 13.8. The number of aliphatic hydroxyl groups excluding tert-OH is 1. The third-order valence-electron chi connectivity index (χ3n) is 3.24. The van der Waals surface area contributed by atoms with Gasteiger partial charge >= 0.3 is 0 Å². The van der Waals surface area contributed by atoms with Crippen LogP contribution >= 0.6 is 11.6 Å². The van der Waals surface area contributed by atoms with Crippen molar-refractivity contribution in [1.82, 2.24) is 5.32 Å². The monoisotopic (exact) mass is 315 g/mol. The van der Waals surface area contributed by atoms with Crippen LogP contribution in [0.15, 0.2) is 12.1 Å². The summed E-state index contributed by atoms with van der Waals surface area (Å²) >= 11 is 6.22. The molecule has 1 atom stereocenters. The molecule has 0 aliphatic rings. The van der Waals surface area contributed by atoms with Crippen LogP contribution in [0.25, 0.3) is 0 Å². The lowest BCUT2D eigenvalue weighted by Crippen LogP contribution is -2.36. The second-order valence-electron chi connectivity index (χ2n) is 6.05. The third-order valence-corrected chi connectivity index (χ3v) is 3.53. The van der Waals surface area contributed by atoms with Gasteiger partial charge in [-0.3, -0.25) is 0 Å². The van der Waals surface area contributed by atoms with Crippen molar-refractivity contribution in [3.05, 3.63) is 22.7 Å². The molecule has 0 aliphatic carbocycles. The molecule has 1 aromatic rings. The molecule has 0 bridgehead atoms. The first kappa shape index (κ1) is 18.1. The standard InChI is InChI=1S/C16H26ClNO3/c1-6-21-15-12(17)7-11(8-13(15)20-5)9-18-10-14(19)16(2,3)4/h7-8,14,18-19H,6,9-10H2,1-5H3. The van der Waals surface area contributed by atoms with Crippen LogP contribution in [-0.4, -0.2) is 31.5 Å². The fourth-order valence-electron chi connectivity index (χ4n) is 1.82. The number of aliphatic hydroxyl groups is 1. The minimum atomic E-state index is -0.405. The Balaban J connectivity index is 2.70. The van der Waals surface area contributed by atoms with Crippen molar-refractivity contribution < 1.29 is 14.6 Å². The van der Waals surface area contributed by atoms with E-state index in [9.17, 15) is 5.11 Å². The number of ether oxygens (including phenoxy) is 2. The van der Waals surface area contributed by atoms with E-state index < -0.39 is 6.10 Å². The van der Waals surface area contributed by atoms with E-state index in [0.29, 0.717) is 36.2 Å². The average Bonchev–Trinajstić information content (AvgIpc) is 2.40. The predicted octanol–water partition coefficient (Wildman–Crippen LogP) is 3.24. The quantitative estimate of drug-likeness (QED) is 0.811.